The lowest BCUT2D eigenvalue weighted by Crippen LogP contribution is -2.38. The first-order valence-corrected chi connectivity index (χ1v) is 6.69. The predicted molar refractivity (Wildman–Crippen MR) is 67.8 cm³/mol. The number of likely N-dealkylation sites (tertiary alicyclic amines) is 1. The molecule has 1 aliphatic rings. The van der Waals surface area contributed by atoms with Gasteiger partial charge in [0.25, 0.3) is 0 Å². The molecule has 1 aliphatic heterocycles. The van der Waals surface area contributed by atoms with Gasteiger partial charge in [-0.15, -0.1) is 0 Å². The Balaban J connectivity index is 2.03. The molecule has 1 aromatic heterocycles. The number of β-amino-alcohol motifs (C(OH)–C–C–N with tert-alkyl or cyclic N) is 1. The Hall–Kier alpha value is -0.870. The van der Waals surface area contributed by atoms with Gasteiger partial charge in [0.1, 0.15) is 0 Å². The maximum absolute atomic E-state index is 9.67. The second-order valence-electron chi connectivity index (χ2n) is 4.83. The summed E-state index contributed by atoms with van der Waals surface area (Å²) in [6.07, 6.45) is 2.89. The van der Waals surface area contributed by atoms with Crippen molar-refractivity contribution in [3.63, 3.8) is 0 Å². The molecule has 1 atom stereocenters. The van der Waals surface area contributed by atoms with Crippen molar-refractivity contribution in [2.45, 2.75) is 52.3 Å². The monoisotopic (exact) mass is 237 g/mol. The summed E-state index contributed by atoms with van der Waals surface area (Å²) in [6.45, 7) is 7.99. The molecule has 2 rings (SSSR count). The number of hydrogen-bond donors (Lipinski definition) is 1. The van der Waals surface area contributed by atoms with Gasteiger partial charge in [-0.1, -0.05) is 6.92 Å². The fourth-order valence-electron chi connectivity index (χ4n) is 2.49. The maximum atomic E-state index is 9.67. The van der Waals surface area contributed by atoms with Crippen molar-refractivity contribution in [2.24, 2.45) is 0 Å². The van der Waals surface area contributed by atoms with Crippen molar-refractivity contribution >= 4 is 0 Å². The van der Waals surface area contributed by atoms with Gasteiger partial charge in [0.05, 0.1) is 17.5 Å². The molecule has 0 unspecified atom stereocenters. The molecule has 1 fully saturated rings. The minimum atomic E-state index is -0.146. The van der Waals surface area contributed by atoms with Crippen LogP contribution in [-0.4, -0.2) is 39.0 Å². The van der Waals surface area contributed by atoms with Gasteiger partial charge in [-0.3, -0.25) is 9.58 Å². The molecule has 1 N–H and O–H groups in total. The molecule has 0 aromatic carbocycles. The number of aliphatic hydroxyl groups excluding tert-OH is 1. The molecular formula is C13H23N3O. The van der Waals surface area contributed by atoms with Crippen LogP contribution in [0.2, 0.25) is 0 Å². The first-order valence-electron chi connectivity index (χ1n) is 6.69. The zero-order valence-corrected chi connectivity index (χ0v) is 10.9. The van der Waals surface area contributed by atoms with E-state index in [4.69, 9.17) is 0 Å². The fourth-order valence-corrected chi connectivity index (χ4v) is 2.49. The first kappa shape index (κ1) is 12.6. The lowest BCUT2D eigenvalue weighted by Gasteiger charge is -2.29. The Bertz CT molecular complexity index is 362. The quantitative estimate of drug-likeness (QED) is 0.861. The Morgan fingerprint density at radius 3 is 2.94 bits per heavy atom. The molecule has 0 aliphatic carbocycles. The van der Waals surface area contributed by atoms with Crippen LogP contribution in [0.4, 0.5) is 0 Å². The van der Waals surface area contributed by atoms with Gasteiger partial charge < -0.3 is 5.11 Å². The molecule has 0 saturated carbocycles. The van der Waals surface area contributed by atoms with Crippen LogP contribution in [0.5, 0.6) is 0 Å². The number of rotatable bonds is 4. The van der Waals surface area contributed by atoms with Gasteiger partial charge in [-0.2, -0.15) is 5.10 Å². The molecule has 0 amide bonds. The summed E-state index contributed by atoms with van der Waals surface area (Å²) in [5.41, 5.74) is 2.44. The molecular weight excluding hydrogens is 214 g/mol. The van der Waals surface area contributed by atoms with Crippen LogP contribution < -0.4 is 0 Å². The smallest absolute Gasteiger partial charge is 0.0667 e. The Kier molecular flexibility index (Phi) is 4.18. The zero-order valence-electron chi connectivity index (χ0n) is 10.9. The topological polar surface area (TPSA) is 41.3 Å². The van der Waals surface area contributed by atoms with Gasteiger partial charge >= 0.3 is 0 Å². The van der Waals surface area contributed by atoms with Gasteiger partial charge in [0, 0.05) is 19.6 Å². The second-order valence-corrected chi connectivity index (χ2v) is 4.83. The molecule has 0 radical (unpaired) electrons. The number of aromatic nitrogens is 2. The number of nitrogens with zero attached hydrogens (tertiary/aromatic N) is 3. The van der Waals surface area contributed by atoms with Crippen LogP contribution in [0.25, 0.3) is 0 Å². The van der Waals surface area contributed by atoms with E-state index in [1.807, 2.05) is 0 Å². The van der Waals surface area contributed by atoms with Crippen molar-refractivity contribution < 1.29 is 5.11 Å². The van der Waals surface area contributed by atoms with Crippen LogP contribution in [0, 0.1) is 0 Å². The van der Waals surface area contributed by atoms with Crippen LogP contribution in [-0.2, 0) is 19.5 Å². The summed E-state index contributed by atoms with van der Waals surface area (Å²) in [6, 6.07) is 2.20. The van der Waals surface area contributed by atoms with E-state index in [2.05, 4.69) is 34.6 Å². The minimum absolute atomic E-state index is 0.146. The molecule has 96 valence electrons. The Morgan fingerprint density at radius 2 is 2.29 bits per heavy atom. The normalized spacial score (nSPS) is 21.9. The number of piperidine rings is 1. The summed E-state index contributed by atoms with van der Waals surface area (Å²) in [5.74, 6) is 0. The van der Waals surface area contributed by atoms with E-state index in [1.165, 1.54) is 11.4 Å². The van der Waals surface area contributed by atoms with Gasteiger partial charge in [0.15, 0.2) is 0 Å². The van der Waals surface area contributed by atoms with Crippen LogP contribution >= 0.6 is 0 Å². The number of aliphatic hydroxyl groups is 1. The van der Waals surface area contributed by atoms with E-state index in [0.29, 0.717) is 0 Å². The third kappa shape index (κ3) is 3.07. The summed E-state index contributed by atoms with van der Waals surface area (Å²) >= 11 is 0. The SMILES string of the molecule is CCc1cc(CN2CCC[C@H](O)C2)n(CC)n1. The van der Waals surface area contributed by atoms with Crippen LogP contribution in [0.1, 0.15) is 38.1 Å². The van der Waals surface area contributed by atoms with E-state index in [9.17, 15) is 5.11 Å². The lowest BCUT2D eigenvalue weighted by atomic mass is 10.1. The van der Waals surface area contributed by atoms with Crippen molar-refractivity contribution in [1.29, 1.82) is 0 Å². The second kappa shape index (κ2) is 5.65. The van der Waals surface area contributed by atoms with Crippen molar-refractivity contribution in [1.82, 2.24) is 14.7 Å². The van der Waals surface area contributed by atoms with Gasteiger partial charge in [-0.05, 0) is 38.8 Å². The summed E-state index contributed by atoms with van der Waals surface area (Å²) in [5, 5.41) is 14.2. The third-order valence-electron chi connectivity index (χ3n) is 3.44. The average molecular weight is 237 g/mol. The highest BCUT2D eigenvalue weighted by Gasteiger charge is 2.19. The van der Waals surface area contributed by atoms with Crippen molar-refractivity contribution in [2.75, 3.05) is 13.1 Å². The summed E-state index contributed by atoms with van der Waals surface area (Å²) in [4.78, 5) is 2.33. The van der Waals surface area contributed by atoms with E-state index < -0.39 is 0 Å². The highest BCUT2D eigenvalue weighted by Crippen LogP contribution is 2.14. The third-order valence-corrected chi connectivity index (χ3v) is 3.44. The predicted octanol–water partition coefficient (Wildman–Crippen LogP) is 1.42. The molecule has 1 saturated heterocycles. The highest BCUT2D eigenvalue weighted by molar-refractivity contribution is 5.10. The van der Waals surface area contributed by atoms with Crippen molar-refractivity contribution in [3.8, 4) is 0 Å². The maximum Gasteiger partial charge on any atom is 0.0667 e. The van der Waals surface area contributed by atoms with E-state index in [-0.39, 0.29) is 6.10 Å². The standard InChI is InChI=1S/C13H23N3O/c1-3-11-8-12(16(4-2)14-11)9-15-7-5-6-13(17)10-15/h8,13,17H,3-7,9-10H2,1-2H3/t13-/m0/s1. The molecule has 4 nitrogen and oxygen atoms in total. The van der Waals surface area contributed by atoms with Gasteiger partial charge in [0.2, 0.25) is 0 Å². The summed E-state index contributed by atoms with van der Waals surface area (Å²) < 4.78 is 2.08. The number of hydrogen-bond acceptors (Lipinski definition) is 3. The Labute approximate surface area is 103 Å². The molecule has 17 heavy (non-hydrogen) atoms. The molecule has 0 spiro atoms. The lowest BCUT2D eigenvalue weighted by molar-refractivity contribution is 0.0654. The van der Waals surface area contributed by atoms with E-state index >= 15 is 0 Å². The highest BCUT2D eigenvalue weighted by atomic mass is 16.3. The van der Waals surface area contributed by atoms with E-state index in [1.54, 1.807) is 0 Å². The molecule has 2 heterocycles. The van der Waals surface area contributed by atoms with Crippen molar-refractivity contribution in [3.05, 3.63) is 17.5 Å². The fraction of sp³-hybridized carbons (Fsp3) is 0.769. The minimum Gasteiger partial charge on any atom is -0.392 e. The van der Waals surface area contributed by atoms with Gasteiger partial charge in [-0.25, -0.2) is 0 Å². The van der Waals surface area contributed by atoms with Crippen LogP contribution in [0.15, 0.2) is 6.07 Å². The van der Waals surface area contributed by atoms with E-state index in [0.717, 1.165) is 45.4 Å². The largest absolute Gasteiger partial charge is 0.392 e. The summed E-state index contributed by atoms with van der Waals surface area (Å²) in [7, 11) is 0. The number of aryl methyl sites for hydroxylation is 2. The molecule has 0 bridgehead atoms. The van der Waals surface area contributed by atoms with Crippen LogP contribution in [0.3, 0.4) is 0 Å². The molecule has 4 heteroatoms. The Morgan fingerprint density at radius 1 is 1.47 bits per heavy atom. The first-order chi connectivity index (χ1) is 8.22. The molecule has 1 aromatic rings. The zero-order chi connectivity index (χ0) is 12.3. The average Bonchev–Trinajstić information content (AvgIpc) is 2.71.